The SMILES string of the molecule is CC(C)C(C)(O)CNc1ccc(F)cc1I. The Morgan fingerprint density at radius 3 is 2.62 bits per heavy atom. The molecule has 0 aliphatic rings. The summed E-state index contributed by atoms with van der Waals surface area (Å²) < 4.78 is 13.7. The van der Waals surface area contributed by atoms with Crippen LogP contribution < -0.4 is 5.32 Å². The Kier molecular flexibility index (Phi) is 4.55. The molecular weight excluding hydrogens is 320 g/mol. The second-order valence-electron chi connectivity index (χ2n) is 4.49. The maximum absolute atomic E-state index is 12.9. The molecule has 1 rings (SSSR count). The third kappa shape index (κ3) is 3.59. The molecule has 0 bridgehead atoms. The van der Waals surface area contributed by atoms with Gasteiger partial charge in [-0.1, -0.05) is 13.8 Å². The fourth-order valence-electron chi connectivity index (χ4n) is 1.11. The van der Waals surface area contributed by atoms with Crippen molar-refractivity contribution < 1.29 is 9.50 Å². The number of hydrogen-bond donors (Lipinski definition) is 2. The molecule has 4 heteroatoms. The zero-order chi connectivity index (χ0) is 12.3. The highest BCUT2D eigenvalue weighted by Gasteiger charge is 2.24. The van der Waals surface area contributed by atoms with Crippen LogP contribution >= 0.6 is 22.6 Å². The fourth-order valence-corrected chi connectivity index (χ4v) is 1.78. The van der Waals surface area contributed by atoms with E-state index in [1.54, 1.807) is 13.0 Å². The lowest BCUT2D eigenvalue weighted by molar-refractivity contribution is 0.0266. The van der Waals surface area contributed by atoms with Gasteiger partial charge in [-0.15, -0.1) is 0 Å². The normalized spacial score (nSPS) is 14.9. The first kappa shape index (κ1) is 13.7. The van der Waals surface area contributed by atoms with Gasteiger partial charge in [0.15, 0.2) is 0 Å². The van der Waals surface area contributed by atoms with Gasteiger partial charge in [-0.25, -0.2) is 4.39 Å². The standard InChI is InChI=1S/C12H17FINO/c1-8(2)12(3,16)7-15-11-5-4-9(13)6-10(11)14/h4-6,8,15-16H,7H2,1-3H3. The summed E-state index contributed by atoms with van der Waals surface area (Å²) >= 11 is 2.07. The Balaban J connectivity index is 2.68. The van der Waals surface area contributed by atoms with Crippen molar-refractivity contribution >= 4 is 28.3 Å². The van der Waals surface area contributed by atoms with Crippen molar-refractivity contribution in [2.75, 3.05) is 11.9 Å². The predicted octanol–water partition coefficient (Wildman–Crippen LogP) is 3.25. The molecule has 0 aliphatic heterocycles. The van der Waals surface area contributed by atoms with Crippen LogP contribution in [0.25, 0.3) is 0 Å². The van der Waals surface area contributed by atoms with Crippen molar-refractivity contribution in [3.63, 3.8) is 0 Å². The Labute approximate surface area is 109 Å². The van der Waals surface area contributed by atoms with E-state index in [4.69, 9.17) is 0 Å². The summed E-state index contributed by atoms with van der Waals surface area (Å²) in [6.45, 7) is 6.18. The van der Waals surface area contributed by atoms with Crippen LogP contribution in [0.2, 0.25) is 0 Å². The van der Waals surface area contributed by atoms with Gasteiger partial charge in [0, 0.05) is 15.8 Å². The van der Waals surface area contributed by atoms with Gasteiger partial charge in [0.25, 0.3) is 0 Å². The molecule has 0 radical (unpaired) electrons. The van der Waals surface area contributed by atoms with Gasteiger partial charge in [-0.3, -0.25) is 0 Å². The highest BCUT2D eigenvalue weighted by Crippen LogP contribution is 2.22. The average Bonchev–Trinajstić information content (AvgIpc) is 2.16. The zero-order valence-corrected chi connectivity index (χ0v) is 11.9. The lowest BCUT2D eigenvalue weighted by Crippen LogP contribution is -2.38. The monoisotopic (exact) mass is 337 g/mol. The minimum atomic E-state index is -0.766. The highest BCUT2D eigenvalue weighted by molar-refractivity contribution is 14.1. The van der Waals surface area contributed by atoms with Crippen LogP contribution in [0.1, 0.15) is 20.8 Å². The number of rotatable bonds is 4. The van der Waals surface area contributed by atoms with E-state index < -0.39 is 5.60 Å². The summed E-state index contributed by atoms with van der Waals surface area (Å²) in [5, 5.41) is 13.2. The number of halogens is 2. The molecule has 0 saturated heterocycles. The molecule has 1 aromatic carbocycles. The molecule has 0 aromatic heterocycles. The Bertz CT molecular complexity index is 366. The van der Waals surface area contributed by atoms with Crippen LogP contribution in [0.15, 0.2) is 18.2 Å². The first-order valence-corrected chi connectivity index (χ1v) is 6.32. The predicted molar refractivity (Wildman–Crippen MR) is 73.1 cm³/mol. The van der Waals surface area contributed by atoms with Crippen LogP contribution in [0, 0.1) is 15.3 Å². The Hall–Kier alpha value is -0.360. The van der Waals surface area contributed by atoms with Crippen LogP contribution in [0.5, 0.6) is 0 Å². The number of hydrogen-bond acceptors (Lipinski definition) is 2. The van der Waals surface area contributed by atoms with E-state index in [9.17, 15) is 9.50 Å². The van der Waals surface area contributed by atoms with Gasteiger partial charge >= 0.3 is 0 Å². The van der Waals surface area contributed by atoms with Crippen molar-refractivity contribution in [2.24, 2.45) is 5.92 Å². The minimum Gasteiger partial charge on any atom is -0.388 e. The smallest absolute Gasteiger partial charge is 0.124 e. The third-order valence-corrected chi connectivity index (χ3v) is 3.70. The van der Waals surface area contributed by atoms with E-state index in [1.165, 1.54) is 12.1 Å². The molecule has 2 nitrogen and oxygen atoms in total. The van der Waals surface area contributed by atoms with Gasteiger partial charge in [0.05, 0.1) is 5.60 Å². The minimum absolute atomic E-state index is 0.165. The first-order valence-electron chi connectivity index (χ1n) is 5.24. The zero-order valence-electron chi connectivity index (χ0n) is 9.72. The molecule has 0 heterocycles. The van der Waals surface area contributed by atoms with E-state index in [1.807, 2.05) is 13.8 Å². The van der Waals surface area contributed by atoms with Crippen molar-refractivity contribution in [3.8, 4) is 0 Å². The van der Waals surface area contributed by atoms with Gasteiger partial charge < -0.3 is 10.4 Å². The molecule has 2 N–H and O–H groups in total. The highest BCUT2D eigenvalue weighted by atomic mass is 127. The molecule has 1 aromatic rings. The van der Waals surface area contributed by atoms with Crippen molar-refractivity contribution in [1.82, 2.24) is 0 Å². The van der Waals surface area contributed by atoms with Gasteiger partial charge in [0.2, 0.25) is 0 Å². The fraction of sp³-hybridized carbons (Fsp3) is 0.500. The summed E-state index contributed by atoms with van der Waals surface area (Å²) in [6, 6.07) is 4.56. The number of benzene rings is 1. The molecular formula is C12H17FINO. The molecule has 1 unspecified atom stereocenters. The largest absolute Gasteiger partial charge is 0.388 e. The first-order chi connectivity index (χ1) is 7.33. The number of anilines is 1. The Morgan fingerprint density at radius 2 is 2.12 bits per heavy atom. The van der Waals surface area contributed by atoms with Gasteiger partial charge in [-0.2, -0.15) is 0 Å². The van der Waals surface area contributed by atoms with E-state index in [0.29, 0.717) is 6.54 Å². The molecule has 0 saturated carbocycles. The van der Waals surface area contributed by atoms with E-state index >= 15 is 0 Å². The second-order valence-corrected chi connectivity index (χ2v) is 5.65. The molecule has 0 fully saturated rings. The van der Waals surface area contributed by atoms with Crippen molar-refractivity contribution in [1.29, 1.82) is 0 Å². The molecule has 90 valence electrons. The molecule has 0 amide bonds. The summed E-state index contributed by atoms with van der Waals surface area (Å²) in [5.41, 5.74) is 0.0835. The lowest BCUT2D eigenvalue weighted by atomic mass is 9.92. The summed E-state index contributed by atoms with van der Waals surface area (Å²) in [5.74, 6) is -0.0799. The quantitative estimate of drug-likeness (QED) is 0.827. The summed E-state index contributed by atoms with van der Waals surface area (Å²) in [6.07, 6.45) is 0. The topological polar surface area (TPSA) is 32.3 Å². The molecule has 0 spiro atoms. The molecule has 1 atom stereocenters. The lowest BCUT2D eigenvalue weighted by Gasteiger charge is -2.28. The maximum Gasteiger partial charge on any atom is 0.124 e. The maximum atomic E-state index is 12.9. The number of nitrogens with one attached hydrogen (secondary N) is 1. The molecule has 0 aliphatic carbocycles. The van der Waals surface area contributed by atoms with Gasteiger partial charge in [-0.05, 0) is 53.6 Å². The van der Waals surface area contributed by atoms with Gasteiger partial charge in [0.1, 0.15) is 5.82 Å². The summed E-state index contributed by atoms with van der Waals surface area (Å²) in [4.78, 5) is 0. The summed E-state index contributed by atoms with van der Waals surface area (Å²) in [7, 11) is 0. The van der Waals surface area contributed by atoms with E-state index in [2.05, 4.69) is 27.9 Å². The third-order valence-electron chi connectivity index (χ3n) is 2.81. The second kappa shape index (κ2) is 5.31. The van der Waals surface area contributed by atoms with Crippen LogP contribution in [-0.4, -0.2) is 17.3 Å². The van der Waals surface area contributed by atoms with Crippen molar-refractivity contribution in [2.45, 2.75) is 26.4 Å². The van der Waals surface area contributed by atoms with E-state index in [0.717, 1.165) is 9.26 Å². The van der Waals surface area contributed by atoms with E-state index in [-0.39, 0.29) is 11.7 Å². The van der Waals surface area contributed by atoms with Crippen molar-refractivity contribution in [3.05, 3.63) is 27.6 Å². The van der Waals surface area contributed by atoms with Crippen LogP contribution in [-0.2, 0) is 0 Å². The van der Waals surface area contributed by atoms with Crippen LogP contribution in [0.3, 0.4) is 0 Å². The number of aliphatic hydroxyl groups is 1. The molecule has 16 heavy (non-hydrogen) atoms. The Morgan fingerprint density at radius 1 is 1.50 bits per heavy atom. The van der Waals surface area contributed by atoms with Crippen LogP contribution in [0.4, 0.5) is 10.1 Å². The average molecular weight is 337 g/mol.